The molecule has 2 saturated carbocycles. The number of carbonyl (C=O) groups excluding carboxylic acids is 3. The third-order valence-electron chi connectivity index (χ3n) is 19.0. The summed E-state index contributed by atoms with van der Waals surface area (Å²) in [6, 6.07) is 56.6. The minimum atomic E-state index is -1.32. The van der Waals surface area contributed by atoms with Gasteiger partial charge in [0.25, 0.3) is 17.0 Å². The Kier molecular flexibility index (Phi) is 18.7. The second-order valence-corrected chi connectivity index (χ2v) is 25.4. The van der Waals surface area contributed by atoms with E-state index in [1.54, 1.807) is 53.4 Å². The summed E-state index contributed by atoms with van der Waals surface area (Å²) in [4.78, 5) is 79.9. The molecule has 2 aliphatic heterocycles. The first-order valence-corrected chi connectivity index (χ1v) is 32.3. The van der Waals surface area contributed by atoms with Crippen molar-refractivity contribution in [2.24, 2.45) is 11.8 Å². The number of aromatic amines is 2. The number of carboxylic acids is 1. The maximum Gasteiger partial charge on any atom is 0.410 e. The SMILES string of the molecule is Cl.O=C(O)c1cc(Cc2n[nH]c(=O)c3ccccc23)ccc1F.O=C(OCC1c2ccccc2-c2ccccc21)N(CC1CNC1)C1CC1.O=C(c1cc(Cc2n[nH]c(=O)c3ccccc23)ccc1F)N1CC(CN(C(=O)OCC2c3ccccc3-c3ccccc32)C2CC2)C1. The monoisotopic (exact) mass is 1310 g/mol. The average Bonchev–Trinajstić information content (AvgIpc) is 1.58. The van der Waals surface area contributed by atoms with Crippen LogP contribution in [-0.2, 0) is 22.3 Å². The summed E-state index contributed by atoms with van der Waals surface area (Å²) < 4.78 is 40.2. The van der Waals surface area contributed by atoms with Crippen LogP contribution in [0.3, 0.4) is 0 Å². The Morgan fingerprint density at radius 2 is 0.875 bits per heavy atom. The Balaban J connectivity index is 0.000000143. The second-order valence-electron chi connectivity index (χ2n) is 25.4. The van der Waals surface area contributed by atoms with Crippen LogP contribution in [-0.4, -0.2) is 129 Å². The van der Waals surface area contributed by atoms with Gasteiger partial charge < -0.3 is 34.6 Å². The Bertz CT molecular complexity index is 4650. The van der Waals surface area contributed by atoms with Gasteiger partial charge in [-0.15, -0.1) is 12.4 Å². The van der Waals surface area contributed by atoms with Crippen LogP contribution in [0, 0.1) is 23.5 Å². The lowest BCUT2D eigenvalue weighted by molar-refractivity contribution is 0.0366. The highest BCUT2D eigenvalue weighted by molar-refractivity contribution is 5.95. The highest BCUT2D eigenvalue weighted by atomic mass is 35.5. The number of hydrogen-bond donors (Lipinski definition) is 4. The lowest BCUT2D eigenvalue weighted by atomic mass is 9.96. The molecular weight excluding hydrogens is 1240 g/mol. The number of ether oxygens (including phenoxy) is 2. The van der Waals surface area contributed by atoms with Crippen LogP contribution < -0.4 is 16.4 Å². The number of rotatable bonds is 16. The second kappa shape index (κ2) is 27.9. The number of likely N-dealkylation sites (tertiary alicyclic amines) is 1. The maximum atomic E-state index is 14.9. The molecule has 0 radical (unpaired) electrons. The number of aromatic carboxylic acids is 1. The van der Waals surface area contributed by atoms with Crippen molar-refractivity contribution in [3.63, 3.8) is 0 Å². The van der Waals surface area contributed by atoms with Crippen LogP contribution in [0.15, 0.2) is 192 Å². The molecule has 0 atom stereocenters. The molecule has 3 amide bonds. The van der Waals surface area contributed by atoms with Crippen molar-refractivity contribution in [3.05, 3.63) is 270 Å². The molecule has 16 rings (SSSR count). The van der Waals surface area contributed by atoms with E-state index in [2.05, 4.69) is 98.5 Å². The molecule has 2 aromatic heterocycles. The highest BCUT2D eigenvalue weighted by Crippen LogP contribution is 2.46. The summed E-state index contributed by atoms with van der Waals surface area (Å²) in [5.74, 6) is -2.27. The van der Waals surface area contributed by atoms with Crippen molar-refractivity contribution in [1.29, 1.82) is 0 Å². The summed E-state index contributed by atoms with van der Waals surface area (Å²) >= 11 is 0. The van der Waals surface area contributed by atoms with Crippen molar-refractivity contribution in [1.82, 2.24) is 40.4 Å². The van der Waals surface area contributed by atoms with Crippen molar-refractivity contribution in [2.75, 3.05) is 52.5 Å². The van der Waals surface area contributed by atoms with Gasteiger partial charge in [0.1, 0.15) is 24.8 Å². The molecular formula is C76H69ClF2N8O9. The molecule has 6 aliphatic rings. The fourth-order valence-corrected chi connectivity index (χ4v) is 13.6. The van der Waals surface area contributed by atoms with Crippen LogP contribution in [0.25, 0.3) is 43.8 Å². The first-order valence-electron chi connectivity index (χ1n) is 32.3. The summed E-state index contributed by atoms with van der Waals surface area (Å²) in [5.41, 5.74) is 11.4. The summed E-state index contributed by atoms with van der Waals surface area (Å²) in [5, 5.41) is 27.9. The number of fused-ring (bicyclic) bond motifs is 8. The van der Waals surface area contributed by atoms with E-state index in [0.29, 0.717) is 83.3 Å². The van der Waals surface area contributed by atoms with E-state index in [4.69, 9.17) is 14.6 Å². The number of carboxylic acid groups (broad SMARTS) is 1. The van der Waals surface area contributed by atoms with E-state index in [1.165, 1.54) is 62.7 Å². The number of carbonyl (C=O) groups is 4. The third kappa shape index (κ3) is 13.5. The smallest absolute Gasteiger partial charge is 0.410 e. The molecule has 96 heavy (non-hydrogen) atoms. The molecule has 4 fully saturated rings. The largest absolute Gasteiger partial charge is 0.478 e. The fourth-order valence-electron chi connectivity index (χ4n) is 13.6. The zero-order chi connectivity index (χ0) is 65.3. The van der Waals surface area contributed by atoms with Gasteiger partial charge in [-0.1, -0.05) is 146 Å². The molecule has 17 nitrogen and oxygen atoms in total. The van der Waals surface area contributed by atoms with Gasteiger partial charge in [0.05, 0.1) is 33.3 Å². The predicted molar refractivity (Wildman–Crippen MR) is 363 cm³/mol. The van der Waals surface area contributed by atoms with Gasteiger partial charge in [-0.2, -0.15) is 10.2 Å². The number of aromatic nitrogens is 4. The van der Waals surface area contributed by atoms with E-state index < -0.39 is 17.6 Å². The molecule has 4 heterocycles. The topological polar surface area (TPSA) is 220 Å². The molecule has 4 aliphatic carbocycles. The van der Waals surface area contributed by atoms with Crippen molar-refractivity contribution < 1.29 is 42.5 Å². The highest BCUT2D eigenvalue weighted by Gasteiger charge is 2.41. The van der Waals surface area contributed by atoms with Gasteiger partial charge in [0.2, 0.25) is 0 Å². The molecule has 10 aromatic rings. The average molecular weight is 1310 g/mol. The van der Waals surface area contributed by atoms with E-state index in [1.807, 2.05) is 46.2 Å². The Morgan fingerprint density at radius 1 is 0.500 bits per heavy atom. The summed E-state index contributed by atoms with van der Waals surface area (Å²) in [7, 11) is 0. The minimum Gasteiger partial charge on any atom is -0.478 e. The normalized spacial score (nSPS) is 15.2. The van der Waals surface area contributed by atoms with E-state index in [0.717, 1.165) is 56.8 Å². The number of benzene rings is 8. The molecule has 20 heteroatoms. The van der Waals surface area contributed by atoms with Crippen molar-refractivity contribution in [2.45, 2.75) is 62.4 Å². The van der Waals surface area contributed by atoms with Gasteiger partial charge in [-0.25, -0.2) is 33.4 Å². The van der Waals surface area contributed by atoms with Gasteiger partial charge in [-0.3, -0.25) is 14.4 Å². The number of amides is 3. The first-order chi connectivity index (χ1) is 46.3. The van der Waals surface area contributed by atoms with Gasteiger partial charge >= 0.3 is 18.2 Å². The van der Waals surface area contributed by atoms with Crippen molar-refractivity contribution >= 4 is 58.0 Å². The number of nitrogens with zero attached hydrogens (tertiary/aromatic N) is 5. The fraction of sp³-hybridized carbons (Fsp3) is 0.263. The van der Waals surface area contributed by atoms with Crippen LogP contribution in [0.2, 0.25) is 0 Å². The molecule has 0 unspecified atom stereocenters. The van der Waals surface area contributed by atoms with E-state index >= 15 is 0 Å². The van der Waals surface area contributed by atoms with Crippen molar-refractivity contribution in [3.8, 4) is 22.3 Å². The Morgan fingerprint density at radius 3 is 1.27 bits per heavy atom. The maximum absolute atomic E-state index is 14.9. The van der Waals surface area contributed by atoms with Crippen LogP contribution in [0.4, 0.5) is 18.4 Å². The van der Waals surface area contributed by atoms with Gasteiger partial charge in [-0.05, 0) is 118 Å². The predicted octanol–water partition coefficient (Wildman–Crippen LogP) is 12.5. The molecule has 488 valence electrons. The zero-order valence-electron chi connectivity index (χ0n) is 52.3. The van der Waals surface area contributed by atoms with E-state index in [9.17, 15) is 37.5 Å². The lowest BCUT2D eigenvalue weighted by Crippen LogP contribution is -2.55. The molecule has 2 saturated heterocycles. The molecule has 0 bridgehead atoms. The van der Waals surface area contributed by atoms with Gasteiger partial charge in [0.15, 0.2) is 0 Å². The van der Waals surface area contributed by atoms with Crippen LogP contribution in [0.1, 0.15) is 103 Å². The van der Waals surface area contributed by atoms with Gasteiger partial charge in [0, 0.05) is 98.6 Å². The minimum absolute atomic E-state index is 0. The quantitative estimate of drug-likeness (QED) is 0.0710. The number of H-pyrrole nitrogens is 2. The molecule has 0 spiro atoms. The molecule has 8 aromatic carbocycles. The first kappa shape index (κ1) is 64.3. The summed E-state index contributed by atoms with van der Waals surface area (Å²) in [6.45, 7) is 4.92. The number of nitrogens with one attached hydrogen (secondary N) is 3. The summed E-state index contributed by atoms with van der Waals surface area (Å²) in [6.07, 6.45) is 4.28. The van der Waals surface area contributed by atoms with Crippen LogP contribution >= 0.6 is 12.4 Å². The van der Waals surface area contributed by atoms with Crippen LogP contribution in [0.5, 0.6) is 0 Å². The number of halogens is 3. The zero-order valence-corrected chi connectivity index (χ0v) is 53.1. The standard InChI is InChI=1S/C38H33FN4O4.C22H24N2O2.C16H11FN2O3.ClH/c39-34-16-13-23(18-35-30-11-5-6-12-31(30)36(44)41-40-35)17-32(34)37(45)42-19-24(20-42)21-43(25-14-15-25)38(46)47-22-33-28-9-3-1-7-26(28)27-8-2-4-10-29(27)33;25-22(24(16-9-10-16)13-15-11-23-12-15)26-14-21-19-7-3-1-5-17(19)18-6-2-4-8-20(18)21;17-13-6-5-9(7-12(13)16(21)22)8-14-10-3-1-2-4-11(10)15(20)19-18-14;/h1-13,16-17,24-25,33H,14-15,18-22H2,(H,41,44);1-8,15-16,21,23H,9-14H2;1-7H,8H2,(H,19,20)(H,21,22);1H. The number of hydrogen-bond acceptors (Lipinski definition) is 11. The lowest BCUT2D eigenvalue weighted by Gasteiger charge is -2.41. The molecule has 4 N–H and O–H groups in total. The van der Waals surface area contributed by atoms with E-state index in [-0.39, 0.29) is 89.6 Å². The Labute approximate surface area is 557 Å². The third-order valence-corrected chi connectivity index (χ3v) is 19.0. The Hall–Kier alpha value is -10.4.